The van der Waals surface area contributed by atoms with E-state index in [-0.39, 0.29) is 24.3 Å². The number of aromatic nitrogens is 1. The average Bonchev–Trinajstić information content (AvgIpc) is 3.55. The number of amides is 1. The van der Waals surface area contributed by atoms with Crippen molar-refractivity contribution in [3.63, 3.8) is 0 Å². The van der Waals surface area contributed by atoms with E-state index in [0.29, 0.717) is 6.54 Å². The molecule has 2 aliphatic rings. The number of carbonyl (C=O) groups is 1. The maximum atomic E-state index is 13.1. The molecule has 2 aromatic carbocycles. The Hall–Kier alpha value is -3.98. The second kappa shape index (κ2) is 7.69. The van der Waals surface area contributed by atoms with Crippen LogP contribution in [0.5, 0.6) is 11.5 Å². The van der Waals surface area contributed by atoms with Crippen molar-refractivity contribution in [3.8, 4) is 17.6 Å². The molecule has 0 aliphatic carbocycles. The van der Waals surface area contributed by atoms with Gasteiger partial charge in [0, 0.05) is 24.1 Å². The maximum Gasteiger partial charge on any atom is 0.269 e. The van der Waals surface area contributed by atoms with Crippen LogP contribution in [-0.4, -0.2) is 23.8 Å². The topological polar surface area (TPSA) is 67.5 Å². The van der Waals surface area contributed by atoms with E-state index in [4.69, 9.17) is 9.47 Å². The van der Waals surface area contributed by atoms with Gasteiger partial charge in [0.25, 0.3) is 5.91 Å². The standard InChI is InChI=1S/C25H21N3O3/c1-17(19-8-9-23-24(14-19)31-16-30-23)27-11-4-6-21(27)13-20(15-26)25(29)28-12-10-18-5-2-3-7-22(18)28/h2-9,11,13-14,17H,10,12,16H2,1H3/b20-13+/t17-/m1/s1. The normalized spacial score (nSPS) is 15.5. The Morgan fingerprint density at radius 1 is 1.13 bits per heavy atom. The second-order valence-corrected chi connectivity index (χ2v) is 7.63. The molecule has 0 saturated carbocycles. The highest BCUT2D eigenvalue weighted by Gasteiger charge is 2.27. The highest BCUT2D eigenvalue weighted by molar-refractivity contribution is 6.12. The molecule has 154 valence electrons. The number of hydrogen-bond donors (Lipinski definition) is 0. The Kier molecular flexibility index (Phi) is 4.72. The summed E-state index contributed by atoms with van der Waals surface area (Å²) in [5.74, 6) is 1.21. The molecule has 2 aliphatic heterocycles. The lowest BCUT2D eigenvalue weighted by molar-refractivity contribution is -0.114. The molecule has 1 aromatic heterocycles. The number of fused-ring (bicyclic) bond motifs is 2. The smallest absolute Gasteiger partial charge is 0.269 e. The number of carbonyl (C=O) groups excluding carboxylic acids is 1. The first-order valence-electron chi connectivity index (χ1n) is 10.2. The number of para-hydroxylation sites is 1. The largest absolute Gasteiger partial charge is 0.454 e. The molecule has 3 heterocycles. The Morgan fingerprint density at radius 3 is 2.84 bits per heavy atom. The lowest BCUT2D eigenvalue weighted by Gasteiger charge is -2.19. The summed E-state index contributed by atoms with van der Waals surface area (Å²) in [6.45, 7) is 2.89. The number of ether oxygens (including phenoxy) is 2. The Bertz CT molecular complexity index is 1230. The SMILES string of the molecule is C[C@H](c1ccc2c(c1)OCO2)n1cccc1/C=C(\C#N)C(=O)N1CCc2ccccc21. The van der Waals surface area contributed by atoms with Gasteiger partial charge < -0.3 is 18.9 Å². The number of benzene rings is 2. The third-order valence-corrected chi connectivity index (χ3v) is 5.88. The van der Waals surface area contributed by atoms with Gasteiger partial charge in [0.05, 0.1) is 6.04 Å². The molecule has 5 rings (SSSR count). The van der Waals surface area contributed by atoms with E-state index in [1.165, 1.54) is 0 Å². The van der Waals surface area contributed by atoms with E-state index >= 15 is 0 Å². The first kappa shape index (κ1) is 19.0. The van der Waals surface area contributed by atoms with Crippen LogP contribution in [0, 0.1) is 11.3 Å². The number of rotatable bonds is 4. The first-order chi connectivity index (χ1) is 15.2. The molecule has 6 nitrogen and oxygen atoms in total. The molecule has 0 N–H and O–H groups in total. The molecule has 1 amide bonds. The molecule has 3 aromatic rings. The van der Waals surface area contributed by atoms with E-state index < -0.39 is 0 Å². The van der Waals surface area contributed by atoms with Crippen molar-refractivity contribution in [2.45, 2.75) is 19.4 Å². The molecule has 6 heteroatoms. The van der Waals surface area contributed by atoms with E-state index in [9.17, 15) is 10.1 Å². The maximum absolute atomic E-state index is 13.1. The monoisotopic (exact) mass is 411 g/mol. The molecule has 0 radical (unpaired) electrons. The van der Waals surface area contributed by atoms with Gasteiger partial charge in [0.1, 0.15) is 11.6 Å². The van der Waals surface area contributed by atoms with Crippen LogP contribution in [0.3, 0.4) is 0 Å². The van der Waals surface area contributed by atoms with Gasteiger partial charge in [-0.3, -0.25) is 4.79 Å². The van der Waals surface area contributed by atoms with Crippen LogP contribution in [0.2, 0.25) is 0 Å². The molecular formula is C25H21N3O3. The van der Waals surface area contributed by atoms with E-state index in [1.807, 2.05) is 65.4 Å². The summed E-state index contributed by atoms with van der Waals surface area (Å²) in [4.78, 5) is 14.8. The predicted molar refractivity (Wildman–Crippen MR) is 117 cm³/mol. The minimum Gasteiger partial charge on any atom is -0.454 e. The minimum atomic E-state index is -0.268. The van der Waals surface area contributed by atoms with Crippen molar-refractivity contribution in [1.82, 2.24) is 4.57 Å². The summed E-state index contributed by atoms with van der Waals surface area (Å²) >= 11 is 0. The lowest BCUT2D eigenvalue weighted by atomic mass is 10.1. The van der Waals surface area contributed by atoms with Crippen LogP contribution in [0.4, 0.5) is 5.69 Å². The summed E-state index contributed by atoms with van der Waals surface area (Å²) in [5.41, 5.74) is 3.98. The molecule has 0 unspecified atom stereocenters. The highest BCUT2D eigenvalue weighted by atomic mass is 16.7. The zero-order valence-corrected chi connectivity index (χ0v) is 17.1. The second-order valence-electron chi connectivity index (χ2n) is 7.63. The van der Waals surface area contributed by atoms with Crippen molar-refractivity contribution in [2.24, 2.45) is 0 Å². The number of nitrogens with zero attached hydrogens (tertiary/aromatic N) is 3. The molecule has 31 heavy (non-hydrogen) atoms. The summed E-state index contributed by atoms with van der Waals surface area (Å²) < 4.78 is 12.9. The van der Waals surface area contributed by atoms with Crippen LogP contribution in [-0.2, 0) is 11.2 Å². The van der Waals surface area contributed by atoms with Crippen molar-refractivity contribution < 1.29 is 14.3 Å². The van der Waals surface area contributed by atoms with Crippen molar-refractivity contribution in [2.75, 3.05) is 18.2 Å². The van der Waals surface area contributed by atoms with Gasteiger partial charge in [0.2, 0.25) is 6.79 Å². The molecule has 0 spiro atoms. The van der Waals surface area contributed by atoms with Gasteiger partial charge in [-0.05, 0) is 60.9 Å². The van der Waals surface area contributed by atoms with Crippen LogP contribution in [0.15, 0.2) is 66.4 Å². The van der Waals surface area contributed by atoms with Crippen molar-refractivity contribution >= 4 is 17.7 Å². The summed E-state index contributed by atoms with van der Waals surface area (Å²) in [5, 5.41) is 9.75. The zero-order chi connectivity index (χ0) is 21.4. The predicted octanol–water partition coefficient (Wildman–Crippen LogP) is 4.32. The van der Waals surface area contributed by atoms with Gasteiger partial charge in [-0.1, -0.05) is 24.3 Å². The van der Waals surface area contributed by atoms with Crippen LogP contribution < -0.4 is 14.4 Å². The third kappa shape index (κ3) is 3.34. The molecular weight excluding hydrogens is 390 g/mol. The Balaban J connectivity index is 1.44. The van der Waals surface area contributed by atoms with E-state index in [0.717, 1.165) is 40.4 Å². The Morgan fingerprint density at radius 2 is 1.97 bits per heavy atom. The molecule has 0 fully saturated rings. The fourth-order valence-electron chi connectivity index (χ4n) is 4.20. The fourth-order valence-corrected chi connectivity index (χ4v) is 4.20. The van der Waals surface area contributed by atoms with E-state index in [1.54, 1.807) is 11.0 Å². The minimum absolute atomic E-state index is 0.0155. The van der Waals surface area contributed by atoms with Gasteiger partial charge in [-0.2, -0.15) is 5.26 Å². The first-order valence-corrected chi connectivity index (χ1v) is 10.2. The summed E-state index contributed by atoms with van der Waals surface area (Å²) in [6, 6.07) is 19.6. The Labute approximate surface area is 180 Å². The molecule has 0 saturated heterocycles. The van der Waals surface area contributed by atoms with Crippen molar-refractivity contribution in [3.05, 3.63) is 83.2 Å². The average molecular weight is 411 g/mol. The molecule has 1 atom stereocenters. The van der Waals surface area contributed by atoms with Gasteiger partial charge in [-0.15, -0.1) is 0 Å². The summed E-state index contributed by atoms with van der Waals surface area (Å²) in [6.07, 6.45) is 4.43. The number of hydrogen-bond acceptors (Lipinski definition) is 4. The third-order valence-electron chi connectivity index (χ3n) is 5.88. The van der Waals surface area contributed by atoms with Crippen LogP contribution in [0.1, 0.15) is 29.8 Å². The van der Waals surface area contributed by atoms with Gasteiger partial charge in [0.15, 0.2) is 11.5 Å². The summed E-state index contributed by atoms with van der Waals surface area (Å²) in [7, 11) is 0. The van der Waals surface area contributed by atoms with Crippen molar-refractivity contribution in [1.29, 1.82) is 5.26 Å². The highest BCUT2D eigenvalue weighted by Crippen LogP contribution is 2.35. The number of nitriles is 1. The zero-order valence-electron chi connectivity index (χ0n) is 17.1. The molecule has 0 bridgehead atoms. The van der Waals surface area contributed by atoms with E-state index in [2.05, 4.69) is 13.0 Å². The lowest BCUT2D eigenvalue weighted by Crippen LogP contribution is -2.29. The van der Waals surface area contributed by atoms with Crippen LogP contribution >= 0.6 is 0 Å². The van der Waals surface area contributed by atoms with Crippen LogP contribution in [0.25, 0.3) is 6.08 Å². The fraction of sp³-hybridized carbons (Fsp3) is 0.200. The van der Waals surface area contributed by atoms with Gasteiger partial charge >= 0.3 is 0 Å². The quantitative estimate of drug-likeness (QED) is 0.474. The number of anilines is 1. The van der Waals surface area contributed by atoms with Gasteiger partial charge in [-0.25, -0.2) is 0 Å².